The largest absolute Gasteiger partial charge is 0.370 e. The minimum atomic E-state index is -0.0230. The van der Waals surface area contributed by atoms with Crippen LogP contribution in [-0.2, 0) is 11.4 Å². The fourth-order valence-corrected chi connectivity index (χ4v) is 2.31. The maximum Gasteiger partial charge on any atom is 0.330 e. The van der Waals surface area contributed by atoms with Gasteiger partial charge in [-0.3, -0.25) is 0 Å². The minimum Gasteiger partial charge on any atom is -0.370 e. The van der Waals surface area contributed by atoms with Gasteiger partial charge in [0.25, 0.3) is 0 Å². The van der Waals surface area contributed by atoms with Crippen LogP contribution < -0.4 is 10.6 Å². The van der Waals surface area contributed by atoms with Crippen LogP contribution in [0.2, 0.25) is 0 Å². The van der Waals surface area contributed by atoms with Crippen LogP contribution in [0.15, 0.2) is 29.1 Å². The fourth-order valence-electron chi connectivity index (χ4n) is 2.31. The summed E-state index contributed by atoms with van der Waals surface area (Å²) in [5.74, 6) is 0. The number of quaternary nitrogens is 1. The molecule has 1 aromatic heterocycles. The maximum absolute atomic E-state index is 11.9. The maximum atomic E-state index is 11.9. The summed E-state index contributed by atoms with van der Waals surface area (Å²) >= 11 is 0. The zero-order valence-corrected chi connectivity index (χ0v) is 9.61. The molecular weight excluding hydrogens is 218 g/mol. The summed E-state index contributed by atoms with van der Waals surface area (Å²) in [6.07, 6.45) is 0. The summed E-state index contributed by atoms with van der Waals surface area (Å²) in [6.45, 7) is 4.21. The van der Waals surface area contributed by atoms with Gasteiger partial charge in [0.1, 0.15) is 13.1 Å². The molecule has 90 valence electrons. The number of nitrogens with one attached hydrogen (secondary N) is 2. The van der Waals surface area contributed by atoms with Crippen molar-refractivity contribution in [2.75, 3.05) is 26.3 Å². The predicted octanol–water partition coefficient (Wildman–Crippen LogP) is -0.798. The third-order valence-corrected chi connectivity index (χ3v) is 3.26. The fraction of sp³-hybridized carbons (Fsp3) is 0.417. The van der Waals surface area contributed by atoms with Crippen LogP contribution in [0.5, 0.6) is 0 Å². The Hall–Kier alpha value is -1.59. The molecule has 0 atom stereocenters. The van der Waals surface area contributed by atoms with Crippen LogP contribution in [-0.4, -0.2) is 35.9 Å². The van der Waals surface area contributed by atoms with E-state index in [-0.39, 0.29) is 5.69 Å². The molecule has 0 unspecified atom stereocenters. The van der Waals surface area contributed by atoms with Crippen LogP contribution in [0.4, 0.5) is 0 Å². The lowest BCUT2D eigenvalue weighted by atomic mass is 10.3. The highest BCUT2D eigenvalue weighted by Crippen LogP contribution is 2.07. The van der Waals surface area contributed by atoms with E-state index in [0.717, 1.165) is 37.3 Å². The minimum absolute atomic E-state index is 0.0230. The lowest BCUT2D eigenvalue weighted by Crippen LogP contribution is -3.13. The molecule has 0 saturated carbocycles. The zero-order valence-electron chi connectivity index (χ0n) is 9.61. The number of H-pyrrole nitrogens is 1. The van der Waals surface area contributed by atoms with E-state index in [4.69, 9.17) is 4.74 Å². The Balaban J connectivity index is 1.93. The van der Waals surface area contributed by atoms with E-state index in [0.29, 0.717) is 6.67 Å². The Morgan fingerprint density at radius 3 is 2.88 bits per heavy atom. The Labute approximate surface area is 98.6 Å². The standard InChI is InChI=1S/C12H15N3O2/c16-12-13-10-3-1-2-4-11(10)15(12)9-14-5-7-17-8-6-14/h1-4H,5-9H2,(H,13,16)/p+1. The van der Waals surface area contributed by atoms with E-state index in [1.165, 1.54) is 4.90 Å². The summed E-state index contributed by atoms with van der Waals surface area (Å²) in [5, 5.41) is 0. The molecule has 0 amide bonds. The average Bonchev–Trinajstić information content (AvgIpc) is 2.68. The second-order valence-electron chi connectivity index (χ2n) is 4.40. The van der Waals surface area contributed by atoms with Gasteiger partial charge >= 0.3 is 5.69 Å². The molecule has 1 saturated heterocycles. The molecule has 0 spiro atoms. The number of morpholine rings is 1. The van der Waals surface area contributed by atoms with Gasteiger partial charge in [0.05, 0.1) is 24.2 Å². The molecular formula is C12H16N3O2+. The number of nitrogens with zero attached hydrogens (tertiary/aromatic N) is 1. The van der Waals surface area contributed by atoms with Crippen LogP contribution in [0.3, 0.4) is 0 Å². The van der Waals surface area contributed by atoms with Crippen molar-refractivity contribution in [2.45, 2.75) is 6.67 Å². The molecule has 0 aliphatic carbocycles. The molecule has 1 fully saturated rings. The number of hydrogen-bond donors (Lipinski definition) is 2. The first-order valence-electron chi connectivity index (χ1n) is 5.93. The van der Waals surface area contributed by atoms with Crippen molar-refractivity contribution in [1.29, 1.82) is 0 Å². The summed E-state index contributed by atoms with van der Waals surface area (Å²) in [6, 6.07) is 7.81. The van der Waals surface area contributed by atoms with E-state index >= 15 is 0 Å². The van der Waals surface area contributed by atoms with Gasteiger partial charge in [-0.25, -0.2) is 9.36 Å². The summed E-state index contributed by atoms with van der Waals surface area (Å²) in [7, 11) is 0. The average molecular weight is 234 g/mol. The molecule has 3 rings (SSSR count). The van der Waals surface area contributed by atoms with Crippen LogP contribution >= 0.6 is 0 Å². The highest BCUT2D eigenvalue weighted by Gasteiger charge is 2.16. The van der Waals surface area contributed by atoms with Crippen LogP contribution in [0, 0.1) is 0 Å². The van der Waals surface area contributed by atoms with Gasteiger partial charge in [-0.05, 0) is 12.1 Å². The number of para-hydroxylation sites is 2. The molecule has 17 heavy (non-hydrogen) atoms. The summed E-state index contributed by atoms with van der Waals surface area (Å²) < 4.78 is 7.14. The number of aromatic nitrogens is 2. The summed E-state index contributed by atoms with van der Waals surface area (Å²) in [5.41, 5.74) is 1.87. The van der Waals surface area contributed by atoms with Crippen LogP contribution in [0.25, 0.3) is 11.0 Å². The first-order valence-corrected chi connectivity index (χ1v) is 5.93. The third-order valence-electron chi connectivity index (χ3n) is 3.26. The third kappa shape index (κ3) is 1.99. The first-order chi connectivity index (χ1) is 8.34. The SMILES string of the molecule is O=c1[nH]c2ccccc2n1C[NH+]1CCOCC1. The van der Waals surface area contributed by atoms with E-state index < -0.39 is 0 Å². The van der Waals surface area contributed by atoms with E-state index in [1.807, 2.05) is 28.8 Å². The monoisotopic (exact) mass is 234 g/mol. The molecule has 0 bridgehead atoms. The smallest absolute Gasteiger partial charge is 0.330 e. The Kier molecular flexibility index (Phi) is 2.70. The van der Waals surface area contributed by atoms with E-state index in [9.17, 15) is 4.79 Å². The van der Waals surface area contributed by atoms with Crippen molar-refractivity contribution in [3.05, 3.63) is 34.7 Å². The second kappa shape index (κ2) is 4.35. The lowest BCUT2D eigenvalue weighted by molar-refractivity contribution is -0.930. The highest BCUT2D eigenvalue weighted by atomic mass is 16.5. The number of benzene rings is 1. The molecule has 2 aromatic rings. The van der Waals surface area contributed by atoms with Crippen LogP contribution in [0.1, 0.15) is 0 Å². The van der Waals surface area contributed by atoms with Gasteiger partial charge in [-0.1, -0.05) is 12.1 Å². The van der Waals surface area contributed by atoms with Crippen molar-refractivity contribution >= 4 is 11.0 Å². The normalized spacial score (nSPS) is 17.6. The van der Waals surface area contributed by atoms with Gasteiger partial charge in [0, 0.05) is 0 Å². The van der Waals surface area contributed by atoms with Gasteiger partial charge in [0.2, 0.25) is 0 Å². The molecule has 1 aromatic carbocycles. The van der Waals surface area contributed by atoms with E-state index in [2.05, 4.69) is 4.98 Å². The number of aromatic amines is 1. The summed E-state index contributed by atoms with van der Waals surface area (Å²) in [4.78, 5) is 16.1. The highest BCUT2D eigenvalue weighted by molar-refractivity contribution is 5.74. The van der Waals surface area contributed by atoms with Gasteiger partial charge < -0.3 is 14.6 Å². The van der Waals surface area contributed by atoms with Crippen molar-refractivity contribution in [1.82, 2.24) is 9.55 Å². The second-order valence-corrected chi connectivity index (χ2v) is 4.40. The quantitative estimate of drug-likeness (QED) is 0.715. The Morgan fingerprint density at radius 1 is 1.29 bits per heavy atom. The molecule has 1 aliphatic rings. The number of rotatable bonds is 2. The van der Waals surface area contributed by atoms with Gasteiger partial charge in [0.15, 0.2) is 6.67 Å². The van der Waals surface area contributed by atoms with Gasteiger partial charge in [-0.15, -0.1) is 0 Å². The first kappa shape index (κ1) is 10.6. The molecule has 5 nitrogen and oxygen atoms in total. The van der Waals surface area contributed by atoms with Crippen molar-refractivity contribution in [3.8, 4) is 0 Å². The van der Waals surface area contributed by atoms with E-state index in [1.54, 1.807) is 0 Å². The molecule has 1 aliphatic heterocycles. The number of hydrogen-bond acceptors (Lipinski definition) is 2. The van der Waals surface area contributed by atoms with Gasteiger partial charge in [-0.2, -0.15) is 0 Å². The number of imidazole rings is 1. The van der Waals surface area contributed by atoms with Crippen molar-refractivity contribution < 1.29 is 9.64 Å². The number of fused-ring (bicyclic) bond motifs is 1. The molecule has 2 N–H and O–H groups in total. The Morgan fingerprint density at radius 2 is 2.06 bits per heavy atom. The van der Waals surface area contributed by atoms with Crippen molar-refractivity contribution in [2.24, 2.45) is 0 Å². The zero-order chi connectivity index (χ0) is 11.7. The Bertz CT molecular complexity index is 566. The topological polar surface area (TPSA) is 51.5 Å². The lowest BCUT2D eigenvalue weighted by Gasteiger charge is -2.23. The molecule has 2 heterocycles. The predicted molar refractivity (Wildman–Crippen MR) is 64.1 cm³/mol. The van der Waals surface area contributed by atoms with Crippen molar-refractivity contribution in [3.63, 3.8) is 0 Å². The molecule has 5 heteroatoms. The number of ether oxygens (including phenoxy) is 1. The molecule has 0 radical (unpaired) electrons.